The third kappa shape index (κ3) is 4.56. The van der Waals surface area contributed by atoms with E-state index in [1.165, 1.54) is 31.2 Å². The fourth-order valence-electron chi connectivity index (χ4n) is 3.77. The van der Waals surface area contributed by atoms with Crippen LogP contribution < -0.4 is 5.32 Å². The van der Waals surface area contributed by atoms with Crippen molar-refractivity contribution in [3.8, 4) is 0 Å². The molecule has 0 aliphatic heterocycles. The first-order chi connectivity index (χ1) is 9.91. The van der Waals surface area contributed by atoms with Crippen molar-refractivity contribution in [2.45, 2.75) is 59.4 Å². The molecular weight excluding hydrogens is 322 g/mol. The molecule has 21 heavy (non-hydrogen) atoms. The van der Waals surface area contributed by atoms with Crippen LogP contribution in [0.5, 0.6) is 0 Å². The van der Waals surface area contributed by atoms with Gasteiger partial charge < -0.3 is 5.32 Å². The lowest BCUT2D eigenvalue weighted by Gasteiger charge is -2.40. The van der Waals surface area contributed by atoms with Crippen LogP contribution in [0.2, 0.25) is 0 Å². The SMILES string of the molecule is CCNC(c1ccc(Br)cc1)C1CCC(C(C)(C)C)CC1. The van der Waals surface area contributed by atoms with E-state index in [2.05, 4.69) is 73.2 Å². The Kier molecular flexibility index (Phi) is 5.90. The zero-order chi connectivity index (χ0) is 15.5. The molecule has 118 valence electrons. The van der Waals surface area contributed by atoms with E-state index in [1.807, 2.05) is 0 Å². The molecule has 1 aromatic rings. The van der Waals surface area contributed by atoms with Crippen LogP contribution in [0.15, 0.2) is 28.7 Å². The van der Waals surface area contributed by atoms with Crippen LogP contribution in [0.25, 0.3) is 0 Å². The molecule has 0 spiro atoms. The highest BCUT2D eigenvalue weighted by Crippen LogP contribution is 2.43. The first kappa shape index (κ1) is 17.0. The van der Waals surface area contributed by atoms with E-state index >= 15 is 0 Å². The van der Waals surface area contributed by atoms with E-state index in [0.717, 1.165) is 22.9 Å². The molecule has 0 heterocycles. The molecule has 1 N–H and O–H groups in total. The smallest absolute Gasteiger partial charge is 0.0348 e. The predicted octanol–water partition coefficient (Wildman–Crippen LogP) is 5.95. The minimum Gasteiger partial charge on any atom is -0.310 e. The number of hydrogen-bond acceptors (Lipinski definition) is 1. The molecule has 0 aromatic heterocycles. The van der Waals surface area contributed by atoms with Gasteiger partial charge in [0.1, 0.15) is 0 Å². The summed E-state index contributed by atoms with van der Waals surface area (Å²) < 4.78 is 1.16. The molecule has 0 saturated heterocycles. The van der Waals surface area contributed by atoms with Crippen LogP contribution in [-0.2, 0) is 0 Å². The van der Waals surface area contributed by atoms with Gasteiger partial charge in [-0.25, -0.2) is 0 Å². The van der Waals surface area contributed by atoms with Crippen molar-refractivity contribution in [2.24, 2.45) is 17.3 Å². The van der Waals surface area contributed by atoms with Crippen molar-refractivity contribution >= 4 is 15.9 Å². The number of rotatable bonds is 4. The van der Waals surface area contributed by atoms with E-state index in [0.29, 0.717) is 11.5 Å². The molecule has 1 aliphatic carbocycles. The molecule has 1 aromatic carbocycles. The highest BCUT2D eigenvalue weighted by atomic mass is 79.9. The van der Waals surface area contributed by atoms with Crippen molar-refractivity contribution in [2.75, 3.05) is 6.54 Å². The molecule has 1 atom stereocenters. The number of halogens is 1. The van der Waals surface area contributed by atoms with E-state index in [9.17, 15) is 0 Å². The molecular formula is C19H30BrN. The Hall–Kier alpha value is -0.340. The lowest BCUT2D eigenvalue weighted by Crippen LogP contribution is -2.33. The van der Waals surface area contributed by atoms with E-state index < -0.39 is 0 Å². The van der Waals surface area contributed by atoms with Gasteiger partial charge in [0, 0.05) is 10.5 Å². The second-order valence-electron chi connectivity index (χ2n) is 7.56. The van der Waals surface area contributed by atoms with Crippen molar-refractivity contribution < 1.29 is 0 Å². The molecule has 2 rings (SSSR count). The quantitative estimate of drug-likeness (QED) is 0.706. The Labute approximate surface area is 139 Å². The summed E-state index contributed by atoms with van der Waals surface area (Å²) in [5.41, 5.74) is 1.91. The van der Waals surface area contributed by atoms with Gasteiger partial charge in [0.05, 0.1) is 0 Å². The van der Waals surface area contributed by atoms with Gasteiger partial charge in [-0.3, -0.25) is 0 Å². The summed E-state index contributed by atoms with van der Waals surface area (Å²) in [4.78, 5) is 0. The highest BCUT2D eigenvalue weighted by Gasteiger charge is 2.33. The van der Waals surface area contributed by atoms with E-state index in [1.54, 1.807) is 0 Å². The monoisotopic (exact) mass is 351 g/mol. The minimum absolute atomic E-state index is 0.469. The van der Waals surface area contributed by atoms with Crippen LogP contribution in [-0.4, -0.2) is 6.54 Å². The van der Waals surface area contributed by atoms with Gasteiger partial charge in [-0.15, -0.1) is 0 Å². The van der Waals surface area contributed by atoms with Gasteiger partial charge in [0.25, 0.3) is 0 Å². The van der Waals surface area contributed by atoms with E-state index in [-0.39, 0.29) is 0 Å². The topological polar surface area (TPSA) is 12.0 Å². The Morgan fingerprint density at radius 3 is 2.14 bits per heavy atom. The number of hydrogen-bond donors (Lipinski definition) is 1. The van der Waals surface area contributed by atoms with Crippen LogP contribution in [0.3, 0.4) is 0 Å². The molecule has 1 unspecified atom stereocenters. The van der Waals surface area contributed by atoms with Crippen molar-refractivity contribution in [3.63, 3.8) is 0 Å². The fourth-order valence-corrected chi connectivity index (χ4v) is 4.03. The molecule has 1 aliphatic rings. The molecule has 0 radical (unpaired) electrons. The average molecular weight is 352 g/mol. The average Bonchev–Trinajstić information content (AvgIpc) is 2.45. The van der Waals surface area contributed by atoms with Crippen LogP contribution in [0.4, 0.5) is 0 Å². The maximum Gasteiger partial charge on any atom is 0.0348 e. The second kappa shape index (κ2) is 7.28. The third-order valence-corrected chi connectivity index (χ3v) is 5.65. The van der Waals surface area contributed by atoms with Gasteiger partial charge in [-0.05, 0) is 67.2 Å². The van der Waals surface area contributed by atoms with Gasteiger partial charge in [0.15, 0.2) is 0 Å². The van der Waals surface area contributed by atoms with Crippen LogP contribution in [0, 0.1) is 17.3 Å². The lowest BCUT2D eigenvalue weighted by molar-refractivity contribution is 0.133. The Bertz CT molecular complexity index is 424. The zero-order valence-electron chi connectivity index (χ0n) is 14.0. The molecule has 0 bridgehead atoms. The number of nitrogens with one attached hydrogen (secondary N) is 1. The summed E-state index contributed by atoms with van der Waals surface area (Å²) in [7, 11) is 0. The summed E-state index contributed by atoms with van der Waals surface area (Å²) in [6.07, 6.45) is 5.48. The first-order valence-electron chi connectivity index (χ1n) is 8.40. The molecule has 1 saturated carbocycles. The summed E-state index contributed by atoms with van der Waals surface area (Å²) in [5, 5.41) is 3.73. The lowest BCUT2D eigenvalue weighted by atomic mass is 9.68. The highest BCUT2D eigenvalue weighted by molar-refractivity contribution is 9.10. The normalized spacial score (nSPS) is 24.8. The zero-order valence-corrected chi connectivity index (χ0v) is 15.5. The standard InChI is InChI=1S/C19H30BrN/c1-5-21-18(15-8-12-17(20)13-9-15)14-6-10-16(11-7-14)19(2,3)4/h8-9,12-14,16,18,21H,5-7,10-11H2,1-4H3. The second-order valence-corrected chi connectivity index (χ2v) is 8.48. The predicted molar refractivity (Wildman–Crippen MR) is 95.5 cm³/mol. The Morgan fingerprint density at radius 1 is 1.10 bits per heavy atom. The Balaban J connectivity index is 2.05. The maximum absolute atomic E-state index is 3.73. The third-order valence-electron chi connectivity index (χ3n) is 5.12. The minimum atomic E-state index is 0.469. The molecule has 1 fully saturated rings. The number of benzene rings is 1. The van der Waals surface area contributed by atoms with Crippen LogP contribution in [0.1, 0.15) is 65.0 Å². The summed E-state index contributed by atoms with van der Waals surface area (Å²) in [6.45, 7) is 10.4. The Morgan fingerprint density at radius 2 is 1.67 bits per heavy atom. The van der Waals surface area contributed by atoms with Gasteiger partial charge >= 0.3 is 0 Å². The summed E-state index contributed by atoms with van der Waals surface area (Å²) in [6, 6.07) is 9.39. The van der Waals surface area contributed by atoms with Crippen molar-refractivity contribution in [1.29, 1.82) is 0 Å². The van der Waals surface area contributed by atoms with E-state index in [4.69, 9.17) is 0 Å². The van der Waals surface area contributed by atoms with Gasteiger partial charge in [0.2, 0.25) is 0 Å². The molecule has 0 amide bonds. The molecule has 1 nitrogen and oxygen atoms in total. The maximum atomic E-state index is 3.73. The fraction of sp³-hybridized carbons (Fsp3) is 0.684. The largest absolute Gasteiger partial charge is 0.310 e. The summed E-state index contributed by atoms with van der Waals surface area (Å²) in [5.74, 6) is 1.67. The van der Waals surface area contributed by atoms with Gasteiger partial charge in [-0.1, -0.05) is 55.8 Å². The van der Waals surface area contributed by atoms with Gasteiger partial charge in [-0.2, -0.15) is 0 Å². The first-order valence-corrected chi connectivity index (χ1v) is 9.20. The molecule has 2 heteroatoms. The van der Waals surface area contributed by atoms with Crippen LogP contribution >= 0.6 is 15.9 Å². The van der Waals surface area contributed by atoms with Crippen molar-refractivity contribution in [3.05, 3.63) is 34.3 Å². The summed E-state index contributed by atoms with van der Waals surface area (Å²) >= 11 is 3.54. The van der Waals surface area contributed by atoms with Crippen molar-refractivity contribution in [1.82, 2.24) is 5.32 Å².